The molecule has 1 aromatic heterocycles. The van der Waals surface area contributed by atoms with E-state index in [-0.39, 0.29) is 18.6 Å². The molecule has 1 aliphatic rings. The predicted molar refractivity (Wildman–Crippen MR) is 93.7 cm³/mol. The van der Waals surface area contributed by atoms with Crippen LogP contribution in [0.2, 0.25) is 0 Å². The minimum absolute atomic E-state index is 0.0109. The van der Waals surface area contributed by atoms with Crippen LogP contribution < -0.4 is 9.47 Å². The van der Waals surface area contributed by atoms with Gasteiger partial charge in [-0.3, -0.25) is 4.79 Å². The number of hydrogen-bond acceptors (Lipinski definition) is 4. The first-order valence-corrected chi connectivity index (χ1v) is 8.24. The molecule has 1 aliphatic heterocycles. The molecule has 0 fully saturated rings. The lowest BCUT2D eigenvalue weighted by Crippen LogP contribution is -2.30. The first kappa shape index (κ1) is 15.6. The molecule has 1 amide bonds. The minimum Gasteiger partial charge on any atom is -0.460 e. The van der Waals surface area contributed by atoms with Crippen molar-refractivity contribution in [2.45, 2.75) is 19.4 Å². The summed E-state index contributed by atoms with van der Waals surface area (Å²) in [5.41, 5.74) is 1.80. The van der Waals surface area contributed by atoms with Crippen LogP contribution in [0.3, 0.4) is 0 Å². The molecule has 25 heavy (non-hydrogen) atoms. The molecule has 2 heterocycles. The Balaban J connectivity index is 1.49. The van der Waals surface area contributed by atoms with Gasteiger partial charge in [-0.1, -0.05) is 24.3 Å². The molecule has 2 aromatic carbocycles. The third-order valence-corrected chi connectivity index (χ3v) is 4.47. The molecule has 0 spiro atoms. The van der Waals surface area contributed by atoms with Crippen molar-refractivity contribution in [3.05, 3.63) is 59.9 Å². The SMILES string of the molecule is CC(C(=O)N(C)Cc1ccc2c(c1)OCO2)c1cc2ccccc2o1. The van der Waals surface area contributed by atoms with E-state index in [4.69, 9.17) is 13.9 Å². The fourth-order valence-corrected chi connectivity index (χ4v) is 3.06. The number of likely N-dealkylation sites (N-methyl/N-ethyl adjacent to an activating group) is 1. The van der Waals surface area contributed by atoms with Gasteiger partial charge in [-0.25, -0.2) is 0 Å². The molecule has 0 radical (unpaired) electrons. The fraction of sp³-hybridized carbons (Fsp3) is 0.250. The lowest BCUT2D eigenvalue weighted by atomic mass is 10.1. The summed E-state index contributed by atoms with van der Waals surface area (Å²) in [5, 5.41) is 1.01. The zero-order chi connectivity index (χ0) is 17.4. The summed E-state index contributed by atoms with van der Waals surface area (Å²) >= 11 is 0. The Morgan fingerprint density at radius 3 is 2.76 bits per heavy atom. The maximum atomic E-state index is 12.8. The summed E-state index contributed by atoms with van der Waals surface area (Å²) in [6.07, 6.45) is 0. The topological polar surface area (TPSA) is 51.9 Å². The number of fused-ring (bicyclic) bond motifs is 2. The van der Waals surface area contributed by atoms with Gasteiger partial charge in [-0.05, 0) is 36.8 Å². The van der Waals surface area contributed by atoms with Crippen molar-refractivity contribution in [3.63, 3.8) is 0 Å². The van der Waals surface area contributed by atoms with Crippen molar-refractivity contribution in [2.24, 2.45) is 0 Å². The van der Waals surface area contributed by atoms with E-state index in [1.165, 1.54) is 0 Å². The predicted octanol–water partition coefficient (Wildman–Crippen LogP) is 3.92. The Hall–Kier alpha value is -2.95. The summed E-state index contributed by atoms with van der Waals surface area (Å²) in [6.45, 7) is 2.62. The Kier molecular flexibility index (Phi) is 3.84. The Bertz CT molecular complexity index is 897. The highest BCUT2D eigenvalue weighted by Crippen LogP contribution is 2.33. The van der Waals surface area contributed by atoms with Crippen LogP contribution in [-0.2, 0) is 11.3 Å². The van der Waals surface area contributed by atoms with E-state index >= 15 is 0 Å². The van der Waals surface area contributed by atoms with Gasteiger partial charge in [0.1, 0.15) is 11.3 Å². The summed E-state index contributed by atoms with van der Waals surface area (Å²) in [5.74, 6) is 1.82. The highest BCUT2D eigenvalue weighted by Gasteiger charge is 2.23. The van der Waals surface area contributed by atoms with E-state index in [0.717, 1.165) is 28.0 Å². The molecular formula is C20H19NO4. The lowest BCUT2D eigenvalue weighted by Gasteiger charge is -2.20. The van der Waals surface area contributed by atoms with Crippen molar-refractivity contribution in [1.82, 2.24) is 4.90 Å². The Morgan fingerprint density at radius 2 is 1.92 bits per heavy atom. The van der Waals surface area contributed by atoms with Gasteiger partial charge >= 0.3 is 0 Å². The lowest BCUT2D eigenvalue weighted by molar-refractivity contribution is -0.132. The molecule has 0 N–H and O–H groups in total. The van der Waals surface area contributed by atoms with Gasteiger partial charge in [0.15, 0.2) is 11.5 Å². The zero-order valence-electron chi connectivity index (χ0n) is 14.2. The number of para-hydroxylation sites is 1. The maximum absolute atomic E-state index is 12.8. The highest BCUT2D eigenvalue weighted by molar-refractivity contribution is 5.85. The largest absolute Gasteiger partial charge is 0.460 e. The Morgan fingerprint density at radius 1 is 1.12 bits per heavy atom. The summed E-state index contributed by atoms with van der Waals surface area (Å²) in [6, 6.07) is 15.4. The van der Waals surface area contributed by atoms with E-state index in [1.807, 2.05) is 55.5 Å². The number of ether oxygens (including phenoxy) is 2. The number of benzene rings is 2. The van der Waals surface area contributed by atoms with Crippen LogP contribution >= 0.6 is 0 Å². The molecule has 128 valence electrons. The minimum atomic E-state index is -0.341. The first-order chi connectivity index (χ1) is 12.1. The molecule has 5 heteroatoms. The smallest absolute Gasteiger partial charge is 0.233 e. The van der Waals surface area contributed by atoms with Crippen LogP contribution in [0.15, 0.2) is 52.9 Å². The molecule has 0 bridgehead atoms. The van der Waals surface area contributed by atoms with Gasteiger partial charge in [0.25, 0.3) is 0 Å². The second-order valence-electron chi connectivity index (χ2n) is 6.29. The molecule has 0 saturated carbocycles. The van der Waals surface area contributed by atoms with Gasteiger partial charge in [0.2, 0.25) is 12.7 Å². The van der Waals surface area contributed by atoms with Crippen LogP contribution in [0.4, 0.5) is 0 Å². The van der Waals surface area contributed by atoms with Crippen LogP contribution in [-0.4, -0.2) is 24.6 Å². The number of nitrogens with zero attached hydrogens (tertiary/aromatic N) is 1. The normalized spacial score (nSPS) is 13.8. The second kappa shape index (κ2) is 6.16. The molecule has 4 rings (SSSR count). The summed E-state index contributed by atoms with van der Waals surface area (Å²) in [4.78, 5) is 14.5. The molecule has 1 atom stereocenters. The van der Waals surface area contributed by atoms with Crippen molar-refractivity contribution in [2.75, 3.05) is 13.8 Å². The Labute approximate surface area is 145 Å². The molecule has 3 aromatic rings. The van der Waals surface area contributed by atoms with Gasteiger partial charge < -0.3 is 18.8 Å². The highest BCUT2D eigenvalue weighted by atomic mass is 16.7. The third kappa shape index (κ3) is 2.93. The number of amides is 1. The van der Waals surface area contributed by atoms with Crippen molar-refractivity contribution >= 4 is 16.9 Å². The summed E-state index contributed by atoms with van der Waals surface area (Å²) < 4.78 is 16.5. The van der Waals surface area contributed by atoms with Crippen molar-refractivity contribution in [1.29, 1.82) is 0 Å². The average molecular weight is 337 g/mol. The maximum Gasteiger partial charge on any atom is 0.233 e. The van der Waals surface area contributed by atoms with Crippen LogP contribution in [0.5, 0.6) is 11.5 Å². The summed E-state index contributed by atoms with van der Waals surface area (Å²) in [7, 11) is 1.80. The first-order valence-electron chi connectivity index (χ1n) is 8.24. The second-order valence-corrected chi connectivity index (χ2v) is 6.29. The zero-order valence-corrected chi connectivity index (χ0v) is 14.2. The quantitative estimate of drug-likeness (QED) is 0.724. The molecule has 1 unspecified atom stereocenters. The number of carbonyl (C=O) groups excluding carboxylic acids is 1. The monoisotopic (exact) mass is 337 g/mol. The fourth-order valence-electron chi connectivity index (χ4n) is 3.06. The van der Waals surface area contributed by atoms with Crippen molar-refractivity contribution in [3.8, 4) is 11.5 Å². The van der Waals surface area contributed by atoms with E-state index < -0.39 is 0 Å². The van der Waals surface area contributed by atoms with E-state index in [2.05, 4.69) is 0 Å². The standard InChI is InChI=1S/C20H19NO4/c1-13(18-10-15-5-3-4-6-16(15)25-18)20(22)21(2)11-14-7-8-17-19(9-14)24-12-23-17/h3-10,13H,11-12H2,1-2H3. The number of furan rings is 1. The van der Waals surface area contributed by atoms with Gasteiger partial charge in [0, 0.05) is 19.0 Å². The number of rotatable bonds is 4. The van der Waals surface area contributed by atoms with Gasteiger partial charge in [-0.2, -0.15) is 0 Å². The van der Waals surface area contributed by atoms with Gasteiger partial charge in [0.05, 0.1) is 5.92 Å². The average Bonchev–Trinajstić information content (AvgIpc) is 3.26. The van der Waals surface area contributed by atoms with Crippen LogP contribution in [0.25, 0.3) is 11.0 Å². The number of hydrogen-bond donors (Lipinski definition) is 0. The van der Waals surface area contributed by atoms with E-state index in [9.17, 15) is 4.79 Å². The van der Waals surface area contributed by atoms with Gasteiger partial charge in [-0.15, -0.1) is 0 Å². The van der Waals surface area contributed by atoms with Crippen LogP contribution in [0.1, 0.15) is 24.2 Å². The molecular weight excluding hydrogens is 318 g/mol. The third-order valence-electron chi connectivity index (χ3n) is 4.47. The van der Waals surface area contributed by atoms with E-state index in [1.54, 1.807) is 11.9 Å². The van der Waals surface area contributed by atoms with E-state index in [0.29, 0.717) is 12.3 Å². The van der Waals surface area contributed by atoms with Crippen molar-refractivity contribution < 1.29 is 18.7 Å². The molecule has 0 saturated heterocycles. The molecule has 5 nitrogen and oxygen atoms in total. The van der Waals surface area contributed by atoms with Crippen LogP contribution in [0, 0.1) is 0 Å². The number of carbonyl (C=O) groups is 1. The molecule has 0 aliphatic carbocycles.